The van der Waals surface area contributed by atoms with E-state index in [1.165, 1.54) is 14.0 Å². The van der Waals surface area contributed by atoms with E-state index in [2.05, 4.69) is 31.4 Å². The van der Waals surface area contributed by atoms with Gasteiger partial charge in [-0.15, -0.1) is 0 Å². The SMILES string of the molecule is COc1ccc(C)cc1NC(=O)C(C)OC(=O)c1cc(-c2ccc(Br)cc2)n[nH]1. The number of rotatable bonds is 6. The van der Waals surface area contributed by atoms with Gasteiger partial charge in [0, 0.05) is 10.0 Å². The molecule has 0 aliphatic heterocycles. The van der Waals surface area contributed by atoms with Gasteiger partial charge in [-0.2, -0.15) is 5.10 Å². The highest BCUT2D eigenvalue weighted by molar-refractivity contribution is 9.10. The minimum atomic E-state index is -1.01. The second kappa shape index (κ2) is 8.91. The minimum absolute atomic E-state index is 0.163. The number of ether oxygens (including phenoxy) is 2. The molecular weight excluding hydrogens is 438 g/mol. The summed E-state index contributed by atoms with van der Waals surface area (Å²) in [6, 6.07) is 14.5. The molecule has 0 aliphatic carbocycles. The topological polar surface area (TPSA) is 93.3 Å². The van der Waals surface area contributed by atoms with Crippen molar-refractivity contribution in [1.29, 1.82) is 0 Å². The molecule has 29 heavy (non-hydrogen) atoms. The number of esters is 1. The van der Waals surface area contributed by atoms with E-state index in [9.17, 15) is 9.59 Å². The Morgan fingerprint density at radius 1 is 1.14 bits per heavy atom. The zero-order chi connectivity index (χ0) is 21.0. The van der Waals surface area contributed by atoms with E-state index in [1.807, 2.05) is 37.3 Å². The lowest BCUT2D eigenvalue weighted by atomic mass is 10.1. The summed E-state index contributed by atoms with van der Waals surface area (Å²) >= 11 is 3.38. The molecule has 1 unspecified atom stereocenters. The van der Waals surface area contributed by atoms with Crippen LogP contribution in [0.4, 0.5) is 5.69 Å². The van der Waals surface area contributed by atoms with Crippen LogP contribution < -0.4 is 10.1 Å². The maximum Gasteiger partial charge on any atom is 0.357 e. The summed E-state index contributed by atoms with van der Waals surface area (Å²) in [7, 11) is 1.52. The summed E-state index contributed by atoms with van der Waals surface area (Å²) < 4.78 is 11.5. The average Bonchev–Trinajstić information content (AvgIpc) is 3.19. The number of hydrogen-bond acceptors (Lipinski definition) is 5. The molecule has 0 radical (unpaired) electrons. The van der Waals surface area contributed by atoms with Gasteiger partial charge in [0.1, 0.15) is 11.4 Å². The Balaban J connectivity index is 1.65. The fraction of sp³-hybridized carbons (Fsp3) is 0.190. The van der Waals surface area contributed by atoms with Crippen LogP contribution in [-0.2, 0) is 9.53 Å². The van der Waals surface area contributed by atoms with Crippen molar-refractivity contribution in [3.8, 4) is 17.0 Å². The first-order chi connectivity index (χ1) is 13.9. The van der Waals surface area contributed by atoms with Gasteiger partial charge < -0.3 is 14.8 Å². The molecule has 0 aliphatic rings. The van der Waals surface area contributed by atoms with Crippen molar-refractivity contribution in [2.45, 2.75) is 20.0 Å². The molecule has 3 aromatic rings. The molecule has 7 nitrogen and oxygen atoms in total. The van der Waals surface area contributed by atoms with Crippen molar-refractivity contribution in [2.75, 3.05) is 12.4 Å². The zero-order valence-electron chi connectivity index (χ0n) is 16.2. The highest BCUT2D eigenvalue weighted by Crippen LogP contribution is 2.25. The molecule has 0 fully saturated rings. The highest BCUT2D eigenvalue weighted by atomic mass is 79.9. The summed E-state index contributed by atoms with van der Waals surface area (Å²) in [6.45, 7) is 3.40. The van der Waals surface area contributed by atoms with Crippen molar-refractivity contribution in [3.63, 3.8) is 0 Å². The summed E-state index contributed by atoms with van der Waals surface area (Å²) in [5.41, 5.74) is 3.09. The average molecular weight is 458 g/mol. The summed E-state index contributed by atoms with van der Waals surface area (Å²) in [6.07, 6.45) is -1.01. The van der Waals surface area contributed by atoms with E-state index < -0.39 is 18.0 Å². The number of nitrogens with one attached hydrogen (secondary N) is 2. The first-order valence-electron chi connectivity index (χ1n) is 8.85. The standard InChI is InChI=1S/C21H20BrN3O4/c1-12-4-9-19(28-3)17(10-12)23-20(26)13(2)29-21(27)18-11-16(24-25-18)14-5-7-15(22)8-6-14/h4-11,13H,1-3H3,(H,23,26)(H,24,25). The molecule has 3 rings (SSSR count). The Morgan fingerprint density at radius 3 is 2.55 bits per heavy atom. The molecule has 150 valence electrons. The monoisotopic (exact) mass is 457 g/mol. The summed E-state index contributed by atoms with van der Waals surface area (Å²) in [5, 5.41) is 9.51. The second-order valence-corrected chi connectivity index (χ2v) is 7.33. The van der Waals surface area contributed by atoms with Crippen LogP contribution in [0.3, 0.4) is 0 Å². The van der Waals surface area contributed by atoms with Gasteiger partial charge in [-0.25, -0.2) is 4.79 Å². The van der Waals surface area contributed by atoms with Gasteiger partial charge in [-0.05, 0) is 49.7 Å². The highest BCUT2D eigenvalue weighted by Gasteiger charge is 2.21. The molecule has 1 heterocycles. The molecule has 1 atom stereocenters. The van der Waals surface area contributed by atoms with Crippen LogP contribution >= 0.6 is 15.9 Å². The van der Waals surface area contributed by atoms with Crippen LogP contribution in [0.2, 0.25) is 0 Å². The number of nitrogens with zero attached hydrogens (tertiary/aromatic N) is 1. The number of aromatic nitrogens is 2. The molecule has 2 N–H and O–H groups in total. The van der Waals surface area contributed by atoms with Crippen LogP contribution in [0.25, 0.3) is 11.3 Å². The molecule has 2 aromatic carbocycles. The second-order valence-electron chi connectivity index (χ2n) is 6.41. The van der Waals surface area contributed by atoms with Crippen LogP contribution in [0.1, 0.15) is 23.0 Å². The maximum absolute atomic E-state index is 12.4. The Hall–Kier alpha value is -3.13. The molecule has 1 aromatic heterocycles. The number of benzene rings is 2. The van der Waals surface area contributed by atoms with Crippen LogP contribution in [-0.4, -0.2) is 35.3 Å². The number of carbonyl (C=O) groups is 2. The zero-order valence-corrected chi connectivity index (χ0v) is 17.7. The van der Waals surface area contributed by atoms with E-state index in [4.69, 9.17) is 9.47 Å². The lowest BCUT2D eigenvalue weighted by Gasteiger charge is -2.15. The van der Waals surface area contributed by atoms with Gasteiger partial charge in [-0.1, -0.05) is 34.1 Å². The first kappa shape index (κ1) is 20.6. The fourth-order valence-electron chi connectivity index (χ4n) is 2.63. The normalized spacial score (nSPS) is 11.6. The number of anilines is 1. The fourth-order valence-corrected chi connectivity index (χ4v) is 2.89. The number of amides is 1. The maximum atomic E-state index is 12.4. The Kier molecular flexibility index (Phi) is 6.33. The number of carbonyl (C=O) groups excluding carboxylic acids is 2. The molecule has 0 saturated heterocycles. The van der Waals surface area contributed by atoms with Crippen molar-refractivity contribution in [1.82, 2.24) is 10.2 Å². The molecule has 0 spiro atoms. The summed E-state index contributed by atoms with van der Waals surface area (Å²) in [5.74, 6) is -0.607. The molecule has 0 saturated carbocycles. The van der Waals surface area contributed by atoms with Gasteiger partial charge in [0.2, 0.25) is 0 Å². The summed E-state index contributed by atoms with van der Waals surface area (Å²) in [4.78, 5) is 24.8. The number of methoxy groups -OCH3 is 1. The smallest absolute Gasteiger partial charge is 0.357 e. The Labute approximate surface area is 176 Å². The predicted octanol–water partition coefficient (Wildman–Crippen LogP) is 4.34. The van der Waals surface area contributed by atoms with Gasteiger partial charge in [0.15, 0.2) is 6.10 Å². The minimum Gasteiger partial charge on any atom is -0.495 e. The van der Waals surface area contributed by atoms with Crippen molar-refractivity contribution in [2.24, 2.45) is 0 Å². The molecular formula is C21H20BrN3O4. The predicted molar refractivity (Wildman–Crippen MR) is 113 cm³/mol. The quantitative estimate of drug-likeness (QED) is 0.536. The van der Waals surface area contributed by atoms with Crippen molar-refractivity contribution in [3.05, 3.63) is 64.3 Å². The van der Waals surface area contributed by atoms with Crippen molar-refractivity contribution < 1.29 is 19.1 Å². The van der Waals surface area contributed by atoms with Crippen LogP contribution in [0.5, 0.6) is 5.75 Å². The van der Waals surface area contributed by atoms with E-state index in [0.29, 0.717) is 17.1 Å². The molecule has 8 heteroatoms. The largest absolute Gasteiger partial charge is 0.495 e. The molecule has 0 bridgehead atoms. The van der Waals surface area contributed by atoms with E-state index in [0.717, 1.165) is 15.6 Å². The van der Waals surface area contributed by atoms with Crippen LogP contribution in [0.15, 0.2) is 53.0 Å². The van der Waals surface area contributed by atoms with Crippen molar-refractivity contribution >= 4 is 33.5 Å². The van der Waals surface area contributed by atoms with E-state index in [1.54, 1.807) is 18.2 Å². The van der Waals surface area contributed by atoms with E-state index in [-0.39, 0.29) is 5.69 Å². The third kappa shape index (κ3) is 5.03. The number of aromatic amines is 1. The number of H-pyrrole nitrogens is 1. The third-order valence-electron chi connectivity index (χ3n) is 4.20. The van der Waals surface area contributed by atoms with Gasteiger partial charge in [0.05, 0.1) is 18.5 Å². The number of hydrogen-bond donors (Lipinski definition) is 2. The number of aryl methyl sites for hydroxylation is 1. The first-order valence-corrected chi connectivity index (χ1v) is 9.64. The number of halogens is 1. The van der Waals surface area contributed by atoms with Crippen LogP contribution in [0, 0.1) is 6.92 Å². The molecule has 1 amide bonds. The van der Waals surface area contributed by atoms with E-state index >= 15 is 0 Å². The van der Waals surface area contributed by atoms with Gasteiger partial charge in [-0.3, -0.25) is 9.89 Å². The Morgan fingerprint density at radius 2 is 1.86 bits per heavy atom. The van der Waals surface area contributed by atoms with Gasteiger partial charge >= 0.3 is 5.97 Å². The lowest BCUT2D eigenvalue weighted by Crippen LogP contribution is -2.30. The lowest BCUT2D eigenvalue weighted by molar-refractivity contribution is -0.123. The third-order valence-corrected chi connectivity index (χ3v) is 4.73. The van der Waals surface area contributed by atoms with Gasteiger partial charge in [0.25, 0.3) is 5.91 Å². The Bertz CT molecular complexity index is 1030.